The Balaban J connectivity index is 1.84. The van der Waals surface area contributed by atoms with Gasteiger partial charge in [0, 0.05) is 36.8 Å². The van der Waals surface area contributed by atoms with Crippen molar-refractivity contribution in [1.29, 1.82) is 0 Å². The molecular formula is C18H26N2O2S. The zero-order valence-corrected chi connectivity index (χ0v) is 14.8. The molecule has 2 rings (SSSR count). The molecule has 0 aliphatic carbocycles. The Hall–Kier alpha value is -1.30. The molecule has 1 saturated heterocycles. The van der Waals surface area contributed by atoms with Gasteiger partial charge in [-0.15, -0.1) is 11.8 Å². The Morgan fingerprint density at radius 1 is 1.30 bits per heavy atom. The van der Waals surface area contributed by atoms with Gasteiger partial charge < -0.3 is 10.1 Å². The molecule has 0 saturated carbocycles. The van der Waals surface area contributed by atoms with Gasteiger partial charge in [0.25, 0.3) is 5.91 Å². The molecule has 126 valence electrons. The van der Waals surface area contributed by atoms with Gasteiger partial charge in [-0.05, 0) is 26.0 Å². The number of rotatable bonds is 7. The van der Waals surface area contributed by atoms with Crippen LogP contribution in [-0.2, 0) is 4.74 Å². The van der Waals surface area contributed by atoms with Crippen molar-refractivity contribution in [1.82, 2.24) is 10.2 Å². The molecule has 0 bridgehead atoms. The van der Waals surface area contributed by atoms with E-state index in [4.69, 9.17) is 4.74 Å². The van der Waals surface area contributed by atoms with E-state index < -0.39 is 0 Å². The number of benzene rings is 1. The summed E-state index contributed by atoms with van der Waals surface area (Å²) in [6, 6.07) is 7.81. The molecule has 1 heterocycles. The number of nitrogens with one attached hydrogen (secondary N) is 1. The predicted octanol–water partition coefficient (Wildman–Crippen LogP) is 2.81. The van der Waals surface area contributed by atoms with Crippen molar-refractivity contribution in [2.75, 3.05) is 45.1 Å². The predicted molar refractivity (Wildman–Crippen MR) is 96.2 cm³/mol. The molecule has 5 heteroatoms. The summed E-state index contributed by atoms with van der Waals surface area (Å²) in [5.74, 6) is 0.902. The normalized spacial score (nSPS) is 15.2. The summed E-state index contributed by atoms with van der Waals surface area (Å²) in [5, 5.41) is 3.04. The second-order valence-electron chi connectivity index (χ2n) is 5.80. The number of hydrogen-bond donors (Lipinski definition) is 1. The molecule has 0 spiro atoms. The molecule has 1 aromatic carbocycles. The van der Waals surface area contributed by atoms with Gasteiger partial charge >= 0.3 is 0 Å². The molecule has 1 aromatic rings. The van der Waals surface area contributed by atoms with Crippen LogP contribution in [0.2, 0.25) is 0 Å². The highest BCUT2D eigenvalue weighted by Gasteiger charge is 2.13. The van der Waals surface area contributed by atoms with Crippen LogP contribution in [0.4, 0.5) is 0 Å². The van der Waals surface area contributed by atoms with E-state index >= 15 is 0 Å². The van der Waals surface area contributed by atoms with E-state index in [1.54, 1.807) is 11.8 Å². The molecular weight excluding hydrogens is 308 g/mol. The maximum absolute atomic E-state index is 12.4. The number of allylic oxidation sites excluding steroid dienone is 1. The lowest BCUT2D eigenvalue weighted by molar-refractivity contribution is 0.0383. The topological polar surface area (TPSA) is 41.6 Å². The summed E-state index contributed by atoms with van der Waals surface area (Å²) in [5.41, 5.74) is 2.06. The van der Waals surface area contributed by atoms with Crippen LogP contribution in [0.3, 0.4) is 0 Å². The fraction of sp³-hybridized carbons (Fsp3) is 0.500. The maximum atomic E-state index is 12.4. The van der Waals surface area contributed by atoms with Gasteiger partial charge in [-0.1, -0.05) is 23.8 Å². The number of morpholine rings is 1. The zero-order chi connectivity index (χ0) is 16.5. The molecule has 0 radical (unpaired) electrons. The number of carbonyl (C=O) groups is 1. The molecule has 0 atom stereocenters. The quantitative estimate of drug-likeness (QED) is 0.615. The van der Waals surface area contributed by atoms with Crippen molar-refractivity contribution in [2.24, 2.45) is 0 Å². The van der Waals surface area contributed by atoms with E-state index in [-0.39, 0.29) is 5.91 Å². The highest BCUT2D eigenvalue weighted by atomic mass is 32.2. The minimum Gasteiger partial charge on any atom is -0.379 e. The van der Waals surface area contributed by atoms with Crippen molar-refractivity contribution in [3.8, 4) is 0 Å². The lowest BCUT2D eigenvalue weighted by Crippen LogP contribution is -2.41. The van der Waals surface area contributed by atoms with Crippen molar-refractivity contribution in [2.45, 2.75) is 18.7 Å². The lowest BCUT2D eigenvalue weighted by Gasteiger charge is -2.26. The van der Waals surface area contributed by atoms with Gasteiger partial charge in [-0.25, -0.2) is 0 Å². The Bertz CT molecular complexity index is 536. The van der Waals surface area contributed by atoms with Crippen molar-refractivity contribution < 1.29 is 9.53 Å². The van der Waals surface area contributed by atoms with E-state index in [0.717, 1.165) is 49.1 Å². The maximum Gasteiger partial charge on any atom is 0.252 e. The van der Waals surface area contributed by atoms with Gasteiger partial charge in [0.05, 0.1) is 18.8 Å². The number of thioether (sulfide) groups is 1. The van der Waals surface area contributed by atoms with Crippen LogP contribution in [0.15, 0.2) is 40.8 Å². The molecule has 1 N–H and O–H groups in total. The first-order valence-electron chi connectivity index (χ1n) is 8.10. The fourth-order valence-corrected chi connectivity index (χ4v) is 3.41. The molecule has 0 unspecified atom stereocenters. The van der Waals surface area contributed by atoms with Gasteiger partial charge in [0.15, 0.2) is 0 Å². The average molecular weight is 334 g/mol. The second-order valence-corrected chi connectivity index (χ2v) is 6.86. The third kappa shape index (κ3) is 6.37. The van der Waals surface area contributed by atoms with Crippen LogP contribution in [0.1, 0.15) is 24.2 Å². The molecule has 4 nitrogen and oxygen atoms in total. The molecule has 0 aromatic heterocycles. The molecule has 23 heavy (non-hydrogen) atoms. The number of ether oxygens (including phenoxy) is 1. The number of amides is 1. The van der Waals surface area contributed by atoms with Crippen LogP contribution < -0.4 is 5.32 Å². The third-order valence-corrected chi connectivity index (χ3v) is 4.68. The monoisotopic (exact) mass is 334 g/mol. The van der Waals surface area contributed by atoms with Gasteiger partial charge in [-0.2, -0.15) is 0 Å². The summed E-state index contributed by atoms with van der Waals surface area (Å²) in [6.07, 6.45) is 2.18. The third-order valence-electron chi connectivity index (χ3n) is 3.68. The lowest BCUT2D eigenvalue weighted by atomic mass is 10.2. The zero-order valence-electron chi connectivity index (χ0n) is 14.0. The van der Waals surface area contributed by atoms with Crippen molar-refractivity contribution in [3.63, 3.8) is 0 Å². The van der Waals surface area contributed by atoms with E-state index in [1.165, 1.54) is 5.57 Å². The van der Waals surface area contributed by atoms with Crippen molar-refractivity contribution >= 4 is 17.7 Å². The van der Waals surface area contributed by atoms with E-state index in [2.05, 4.69) is 30.1 Å². The van der Waals surface area contributed by atoms with Gasteiger partial charge in [0.2, 0.25) is 0 Å². The molecule has 1 aliphatic heterocycles. The Morgan fingerprint density at radius 2 is 2.04 bits per heavy atom. The molecule has 1 aliphatic rings. The Labute approximate surface area is 143 Å². The highest BCUT2D eigenvalue weighted by Crippen LogP contribution is 2.23. The Kier molecular flexibility index (Phi) is 7.65. The molecule has 1 fully saturated rings. The minimum absolute atomic E-state index is 0.0126. The largest absolute Gasteiger partial charge is 0.379 e. The summed E-state index contributed by atoms with van der Waals surface area (Å²) < 4.78 is 5.33. The minimum atomic E-state index is 0.0126. The van der Waals surface area contributed by atoms with Gasteiger partial charge in [0.1, 0.15) is 0 Å². The first kappa shape index (κ1) is 18.0. The van der Waals surface area contributed by atoms with Crippen LogP contribution in [0, 0.1) is 0 Å². The highest BCUT2D eigenvalue weighted by molar-refractivity contribution is 7.99. The summed E-state index contributed by atoms with van der Waals surface area (Å²) >= 11 is 1.70. The number of carbonyl (C=O) groups excluding carboxylic acids is 1. The standard InChI is InChI=1S/C18H26N2O2S/c1-15(2)7-14-23-17-6-4-3-5-16(17)18(21)19-8-9-20-10-12-22-13-11-20/h3-7H,8-14H2,1-2H3,(H,19,21). The first-order chi connectivity index (χ1) is 11.2. The second kappa shape index (κ2) is 9.75. The summed E-state index contributed by atoms with van der Waals surface area (Å²) in [6.45, 7) is 9.20. The van der Waals surface area contributed by atoms with Crippen LogP contribution in [-0.4, -0.2) is 56.0 Å². The van der Waals surface area contributed by atoms with E-state index in [9.17, 15) is 4.79 Å². The SMILES string of the molecule is CC(C)=CCSc1ccccc1C(=O)NCCN1CCOCC1. The van der Waals surface area contributed by atoms with E-state index in [1.807, 2.05) is 24.3 Å². The Morgan fingerprint density at radius 3 is 2.78 bits per heavy atom. The van der Waals surface area contributed by atoms with Crippen LogP contribution in [0.5, 0.6) is 0 Å². The molecule has 1 amide bonds. The summed E-state index contributed by atoms with van der Waals surface area (Å²) in [4.78, 5) is 15.8. The van der Waals surface area contributed by atoms with Crippen LogP contribution in [0.25, 0.3) is 0 Å². The fourth-order valence-electron chi connectivity index (χ4n) is 2.33. The van der Waals surface area contributed by atoms with Gasteiger partial charge in [-0.3, -0.25) is 9.69 Å². The van der Waals surface area contributed by atoms with E-state index in [0.29, 0.717) is 6.54 Å². The number of nitrogens with zero attached hydrogens (tertiary/aromatic N) is 1. The van der Waals surface area contributed by atoms with Crippen LogP contribution >= 0.6 is 11.8 Å². The average Bonchev–Trinajstić information content (AvgIpc) is 2.56. The first-order valence-corrected chi connectivity index (χ1v) is 9.09. The number of hydrogen-bond acceptors (Lipinski definition) is 4. The smallest absolute Gasteiger partial charge is 0.252 e. The van der Waals surface area contributed by atoms with Crippen molar-refractivity contribution in [3.05, 3.63) is 41.5 Å². The summed E-state index contributed by atoms with van der Waals surface area (Å²) in [7, 11) is 0.